The summed E-state index contributed by atoms with van der Waals surface area (Å²) in [7, 11) is 0. The molecule has 164 valence electrons. The molecular formula is C25H26N4O3. The van der Waals surface area contributed by atoms with Crippen molar-refractivity contribution in [2.24, 2.45) is 0 Å². The van der Waals surface area contributed by atoms with E-state index < -0.39 is 0 Å². The van der Waals surface area contributed by atoms with Gasteiger partial charge < -0.3 is 9.30 Å². The van der Waals surface area contributed by atoms with Crippen molar-refractivity contribution in [1.29, 1.82) is 0 Å². The molecule has 0 unspecified atom stereocenters. The summed E-state index contributed by atoms with van der Waals surface area (Å²) in [5.41, 5.74) is 1.96. The summed E-state index contributed by atoms with van der Waals surface area (Å²) in [6.45, 7) is 2.81. The molecule has 2 aromatic carbocycles. The van der Waals surface area contributed by atoms with Gasteiger partial charge in [-0.05, 0) is 43.5 Å². The number of hydrogen-bond donors (Lipinski definition) is 0. The Hall–Kier alpha value is -3.61. The molecular weight excluding hydrogens is 404 g/mol. The average Bonchev–Trinajstić information content (AvgIpc) is 3.47. The predicted octanol–water partition coefficient (Wildman–Crippen LogP) is 3.85. The molecule has 0 spiro atoms. The van der Waals surface area contributed by atoms with Gasteiger partial charge in [0.15, 0.2) is 11.2 Å². The lowest BCUT2D eigenvalue weighted by Gasteiger charge is -2.17. The Morgan fingerprint density at radius 3 is 2.47 bits per heavy atom. The van der Waals surface area contributed by atoms with Gasteiger partial charge in [-0.2, -0.15) is 0 Å². The summed E-state index contributed by atoms with van der Waals surface area (Å²) in [4.78, 5) is 31.7. The van der Waals surface area contributed by atoms with Crippen LogP contribution in [-0.4, -0.2) is 25.3 Å². The maximum absolute atomic E-state index is 13.6. The molecule has 0 aliphatic heterocycles. The second-order valence-corrected chi connectivity index (χ2v) is 8.29. The first-order chi connectivity index (χ1) is 15.6. The summed E-state index contributed by atoms with van der Waals surface area (Å²) in [6.07, 6.45) is 5.39. The van der Waals surface area contributed by atoms with Crippen molar-refractivity contribution in [3.8, 4) is 11.4 Å². The molecule has 0 atom stereocenters. The third-order valence-corrected chi connectivity index (χ3v) is 6.24. The largest absolute Gasteiger partial charge is 0.492 e. The minimum absolute atomic E-state index is 0.0708. The van der Waals surface area contributed by atoms with Crippen LogP contribution >= 0.6 is 0 Å². The Kier molecular flexibility index (Phi) is 5.39. The number of rotatable bonds is 6. The monoisotopic (exact) mass is 430 g/mol. The second kappa shape index (κ2) is 8.49. The van der Waals surface area contributed by atoms with Crippen LogP contribution in [0.25, 0.3) is 16.9 Å². The Balaban J connectivity index is 1.64. The van der Waals surface area contributed by atoms with Gasteiger partial charge in [-0.25, -0.2) is 14.3 Å². The maximum Gasteiger partial charge on any atom is 0.337 e. The van der Waals surface area contributed by atoms with Gasteiger partial charge in [0.25, 0.3) is 5.56 Å². The molecule has 1 saturated carbocycles. The fourth-order valence-corrected chi connectivity index (χ4v) is 4.62. The second-order valence-electron chi connectivity index (χ2n) is 8.29. The van der Waals surface area contributed by atoms with Gasteiger partial charge in [0.05, 0.1) is 18.6 Å². The van der Waals surface area contributed by atoms with Crippen molar-refractivity contribution >= 4 is 11.2 Å². The molecule has 0 radical (unpaired) electrons. The van der Waals surface area contributed by atoms with Crippen molar-refractivity contribution in [2.75, 3.05) is 6.61 Å². The quantitative estimate of drug-likeness (QED) is 0.466. The summed E-state index contributed by atoms with van der Waals surface area (Å²) < 4.78 is 10.7. The molecule has 1 fully saturated rings. The number of nitrogens with zero attached hydrogens (tertiary/aromatic N) is 4. The van der Waals surface area contributed by atoms with Crippen LogP contribution in [0.15, 0.2) is 70.5 Å². The lowest BCUT2D eigenvalue weighted by atomic mass is 10.2. The van der Waals surface area contributed by atoms with Gasteiger partial charge in [0, 0.05) is 6.04 Å². The van der Waals surface area contributed by atoms with Gasteiger partial charge in [-0.1, -0.05) is 49.2 Å². The fraction of sp³-hybridized carbons (Fsp3) is 0.320. The third-order valence-electron chi connectivity index (χ3n) is 6.24. The zero-order valence-corrected chi connectivity index (χ0v) is 18.1. The van der Waals surface area contributed by atoms with Gasteiger partial charge in [0.2, 0.25) is 0 Å². The lowest BCUT2D eigenvalue weighted by Crippen LogP contribution is -2.42. The molecule has 0 saturated heterocycles. The van der Waals surface area contributed by atoms with Crippen molar-refractivity contribution in [3.05, 3.63) is 87.3 Å². The molecule has 4 aromatic rings. The van der Waals surface area contributed by atoms with Crippen molar-refractivity contribution in [2.45, 2.75) is 45.2 Å². The topological polar surface area (TPSA) is 71.0 Å². The summed E-state index contributed by atoms with van der Waals surface area (Å²) >= 11 is 0. The Morgan fingerprint density at radius 2 is 1.72 bits per heavy atom. The van der Waals surface area contributed by atoms with Gasteiger partial charge >= 0.3 is 5.69 Å². The molecule has 1 aliphatic rings. The summed E-state index contributed by atoms with van der Waals surface area (Å²) in [6, 6.07) is 17.2. The number of aromatic nitrogens is 4. The molecule has 5 rings (SSSR count). The molecule has 0 amide bonds. The van der Waals surface area contributed by atoms with E-state index in [9.17, 15) is 9.59 Å². The normalized spacial score (nSPS) is 14.3. The van der Waals surface area contributed by atoms with Crippen LogP contribution in [0.3, 0.4) is 0 Å². The smallest absolute Gasteiger partial charge is 0.337 e. The Morgan fingerprint density at radius 1 is 1.00 bits per heavy atom. The first-order valence-corrected chi connectivity index (χ1v) is 11.1. The molecule has 1 aliphatic carbocycles. The molecule has 2 heterocycles. The van der Waals surface area contributed by atoms with E-state index in [-0.39, 0.29) is 17.3 Å². The zero-order valence-electron chi connectivity index (χ0n) is 18.1. The number of benzene rings is 2. The maximum atomic E-state index is 13.6. The molecule has 32 heavy (non-hydrogen) atoms. The minimum atomic E-state index is -0.311. The van der Waals surface area contributed by atoms with Crippen LogP contribution < -0.4 is 16.0 Å². The summed E-state index contributed by atoms with van der Waals surface area (Å²) in [5.74, 6) is 0.775. The number of ether oxygens (including phenoxy) is 1. The number of hydrogen-bond acceptors (Lipinski definition) is 4. The van der Waals surface area contributed by atoms with Crippen LogP contribution in [-0.2, 0) is 6.54 Å². The van der Waals surface area contributed by atoms with E-state index in [0.717, 1.165) is 42.7 Å². The van der Waals surface area contributed by atoms with E-state index in [1.165, 1.54) is 4.57 Å². The standard InChI is InChI=1S/C25H26N4O3/c1-18-9-5-8-14-21(18)29-23-22(24(30)28(25(29)31)19-10-6-7-11-19)27(17-26-23)15-16-32-20-12-3-2-4-13-20/h2-5,8-9,12-14,17,19H,6-7,10-11,15-16H2,1H3. The third kappa shape index (κ3) is 3.53. The van der Waals surface area contributed by atoms with E-state index in [2.05, 4.69) is 4.98 Å². The zero-order chi connectivity index (χ0) is 22.1. The SMILES string of the molecule is Cc1ccccc1-n1c(=O)n(C2CCCC2)c(=O)c2c1ncn2CCOc1ccccc1. The molecule has 7 nitrogen and oxygen atoms in total. The fourth-order valence-electron chi connectivity index (χ4n) is 4.62. The van der Waals surface area contributed by atoms with Crippen molar-refractivity contribution in [1.82, 2.24) is 18.7 Å². The highest BCUT2D eigenvalue weighted by Crippen LogP contribution is 2.28. The molecule has 0 bridgehead atoms. The van der Waals surface area contributed by atoms with E-state index in [1.54, 1.807) is 15.5 Å². The van der Waals surface area contributed by atoms with Crippen molar-refractivity contribution < 1.29 is 4.74 Å². The number of imidazole rings is 1. The molecule has 2 aromatic heterocycles. The summed E-state index contributed by atoms with van der Waals surface area (Å²) in [5, 5.41) is 0. The number of fused-ring (bicyclic) bond motifs is 1. The highest BCUT2D eigenvalue weighted by molar-refractivity contribution is 5.73. The van der Waals surface area contributed by atoms with Crippen LogP contribution in [0.5, 0.6) is 5.75 Å². The minimum Gasteiger partial charge on any atom is -0.492 e. The first kappa shape index (κ1) is 20.3. The van der Waals surface area contributed by atoms with Crippen LogP contribution in [0, 0.1) is 6.92 Å². The van der Waals surface area contributed by atoms with E-state index in [0.29, 0.717) is 24.3 Å². The lowest BCUT2D eigenvalue weighted by molar-refractivity contribution is 0.300. The van der Waals surface area contributed by atoms with Crippen molar-refractivity contribution in [3.63, 3.8) is 0 Å². The molecule has 0 N–H and O–H groups in total. The Labute approximate surface area is 185 Å². The van der Waals surface area contributed by atoms with Crippen LogP contribution in [0.1, 0.15) is 37.3 Å². The van der Waals surface area contributed by atoms with Gasteiger partial charge in [0.1, 0.15) is 12.4 Å². The highest BCUT2D eigenvalue weighted by Gasteiger charge is 2.26. The number of aryl methyl sites for hydroxylation is 1. The van der Waals surface area contributed by atoms with Gasteiger partial charge in [-0.15, -0.1) is 0 Å². The first-order valence-electron chi connectivity index (χ1n) is 11.1. The van der Waals surface area contributed by atoms with E-state index in [4.69, 9.17) is 4.74 Å². The van der Waals surface area contributed by atoms with E-state index in [1.807, 2.05) is 61.5 Å². The Bertz CT molecular complexity index is 1360. The number of para-hydroxylation sites is 2. The average molecular weight is 431 g/mol. The molecule has 7 heteroatoms. The van der Waals surface area contributed by atoms with Crippen LogP contribution in [0.4, 0.5) is 0 Å². The van der Waals surface area contributed by atoms with Crippen LogP contribution in [0.2, 0.25) is 0 Å². The highest BCUT2D eigenvalue weighted by atomic mass is 16.5. The van der Waals surface area contributed by atoms with E-state index >= 15 is 0 Å². The van der Waals surface area contributed by atoms with Gasteiger partial charge in [-0.3, -0.25) is 9.36 Å². The predicted molar refractivity (Wildman–Crippen MR) is 124 cm³/mol.